The van der Waals surface area contributed by atoms with Gasteiger partial charge in [0.1, 0.15) is 6.10 Å². The first kappa shape index (κ1) is 56.3. The molecule has 0 saturated carbocycles. The summed E-state index contributed by atoms with van der Waals surface area (Å²) in [6.07, 6.45) is 41.5. The van der Waals surface area contributed by atoms with Crippen LogP contribution in [0.1, 0.15) is 252 Å². The summed E-state index contributed by atoms with van der Waals surface area (Å²) in [7, 11) is 1.68. The van der Waals surface area contributed by atoms with Crippen LogP contribution in [0.3, 0.4) is 0 Å². The lowest BCUT2D eigenvalue weighted by Gasteiger charge is -2.22. The SMILES string of the molecule is CCCCCCCCCOC(=O)CCCCCCCN(CCCCCCCC(=O)OC(CCCCCCCC)CCCCCCCCC)CCCNC(=N)CCOC. The maximum atomic E-state index is 12.9. The van der Waals surface area contributed by atoms with E-state index >= 15 is 0 Å². The lowest BCUT2D eigenvalue weighted by atomic mass is 10.0. The first-order valence-electron chi connectivity index (χ1n) is 25.3. The highest BCUT2D eigenvalue weighted by molar-refractivity contribution is 5.78. The molecule has 0 aromatic heterocycles. The zero-order chi connectivity index (χ0) is 42.4. The van der Waals surface area contributed by atoms with Crippen molar-refractivity contribution in [1.82, 2.24) is 10.2 Å². The molecule has 0 aliphatic rings. The van der Waals surface area contributed by atoms with Gasteiger partial charge in [-0.25, -0.2) is 0 Å². The molecule has 8 nitrogen and oxygen atoms in total. The minimum absolute atomic E-state index is 0.0211. The fourth-order valence-corrected chi connectivity index (χ4v) is 7.75. The number of methoxy groups -OCH3 is 1. The van der Waals surface area contributed by atoms with Crippen LogP contribution in [0.15, 0.2) is 0 Å². The van der Waals surface area contributed by atoms with Gasteiger partial charge in [-0.05, 0) is 83.8 Å². The van der Waals surface area contributed by atoms with Crippen LogP contribution < -0.4 is 5.32 Å². The van der Waals surface area contributed by atoms with E-state index in [0.717, 1.165) is 77.5 Å². The van der Waals surface area contributed by atoms with E-state index < -0.39 is 0 Å². The van der Waals surface area contributed by atoms with Crippen LogP contribution in [0.2, 0.25) is 0 Å². The highest BCUT2D eigenvalue weighted by Gasteiger charge is 2.14. The Labute approximate surface area is 360 Å². The number of carbonyl (C=O) groups excluding carboxylic acids is 2. The fourth-order valence-electron chi connectivity index (χ4n) is 7.75. The van der Waals surface area contributed by atoms with Crippen molar-refractivity contribution >= 4 is 17.8 Å². The molecule has 0 spiro atoms. The van der Waals surface area contributed by atoms with Gasteiger partial charge >= 0.3 is 11.9 Å². The van der Waals surface area contributed by atoms with E-state index in [2.05, 4.69) is 31.0 Å². The van der Waals surface area contributed by atoms with Crippen molar-refractivity contribution in [2.24, 2.45) is 0 Å². The summed E-state index contributed by atoms with van der Waals surface area (Å²) in [6, 6.07) is 0. The summed E-state index contributed by atoms with van der Waals surface area (Å²) in [4.78, 5) is 27.6. The Morgan fingerprint density at radius 2 is 0.897 bits per heavy atom. The number of hydrogen-bond donors (Lipinski definition) is 2. The molecular formula is C50H99N3O5. The van der Waals surface area contributed by atoms with Crippen LogP contribution in [0, 0.1) is 5.41 Å². The molecule has 0 heterocycles. The molecule has 0 aliphatic carbocycles. The summed E-state index contributed by atoms with van der Waals surface area (Å²) in [6.45, 7) is 12.0. The predicted octanol–water partition coefficient (Wildman–Crippen LogP) is 14.1. The van der Waals surface area contributed by atoms with Gasteiger partial charge in [0, 0.05) is 32.9 Å². The summed E-state index contributed by atoms with van der Waals surface area (Å²) in [5, 5.41) is 11.3. The van der Waals surface area contributed by atoms with E-state index in [1.807, 2.05) is 0 Å². The van der Waals surface area contributed by atoms with Crippen LogP contribution >= 0.6 is 0 Å². The standard InChI is InChI=1S/C50H99N3O5/c1-5-8-11-14-17-22-29-37-47(36-28-21-16-13-10-7-3)58-50(55)39-31-24-20-26-33-43-53(44-35-41-52-48(51)40-46-56-4)42-32-25-19-23-30-38-49(54)57-45-34-27-18-15-12-9-6-2/h47H,5-46H2,1-4H3,(H2,51,52). The Morgan fingerprint density at radius 3 is 1.40 bits per heavy atom. The number of esters is 2. The predicted molar refractivity (Wildman–Crippen MR) is 248 cm³/mol. The number of carbonyl (C=O) groups is 2. The number of amidine groups is 1. The third-order valence-corrected chi connectivity index (χ3v) is 11.6. The van der Waals surface area contributed by atoms with Crippen molar-refractivity contribution in [2.75, 3.05) is 46.5 Å². The zero-order valence-corrected chi connectivity index (χ0v) is 39.3. The second kappa shape index (κ2) is 46.4. The second-order valence-electron chi connectivity index (χ2n) is 17.3. The van der Waals surface area contributed by atoms with Crippen molar-refractivity contribution in [3.05, 3.63) is 0 Å². The summed E-state index contributed by atoms with van der Waals surface area (Å²) >= 11 is 0. The molecular weight excluding hydrogens is 723 g/mol. The van der Waals surface area contributed by atoms with Gasteiger partial charge in [0.05, 0.1) is 19.0 Å². The van der Waals surface area contributed by atoms with Crippen LogP contribution in [-0.2, 0) is 23.8 Å². The second-order valence-corrected chi connectivity index (χ2v) is 17.3. The first-order valence-corrected chi connectivity index (χ1v) is 25.3. The zero-order valence-electron chi connectivity index (χ0n) is 39.3. The van der Waals surface area contributed by atoms with E-state index in [9.17, 15) is 9.59 Å². The molecule has 58 heavy (non-hydrogen) atoms. The molecule has 2 N–H and O–H groups in total. The highest BCUT2D eigenvalue weighted by Crippen LogP contribution is 2.19. The van der Waals surface area contributed by atoms with Gasteiger partial charge in [-0.1, -0.05) is 168 Å². The highest BCUT2D eigenvalue weighted by atomic mass is 16.5. The minimum atomic E-state index is -0.0254. The van der Waals surface area contributed by atoms with Gasteiger partial charge in [-0.2, -0.15) is 0 Å². The Bertz CT molecular complexity index is 887. The molecule has 0 saturated heterocycles. The fraction of sp³-hybridized carbons (Fsp3) is 0.940. The summed E-state index contributed by atoms with van der Waals surface area (Å²) in [5.41, 5.74) is 0. The number of rotatable bonds is 47. The Hall–Kier alpha value is -1.67. The quantitative estimate of drug-likeness (QED) is 0.0273. The number of unbranched alkanes of at least 4 members (excludes halogenated alkanes) is 25. The van der Waals surface area contributed by atoms with Crippen LogP contribution in [-0.4, -0.2) is 75.3 Å². The van der Waals surface area contributed by atoms with E-state index in [1.165, 1.54) is 161 Å². The lowest BCUT2D eigenvalue weighted by molar-refractivity contribution is -0.150. The summed E-state index contributed by atoms with van der Waals surface area (Å²) in [5.74, 6) is 0.552. The van der Waals surface area contributed by atoms with Gasteiger partial charge in [0.2, 0.25) is 0 Å². The molecule has 1 unspecified atom stereocenters. The molecule has 0 aliphatic heterocycles. The molecule has 0 rings (SSSR count). The van der Waals surface area contributed by atoms with Gasteiger partial charge in [0.25, 0.3) is 0 Å². The topological polar surface area (TPSA) is 101 Å². The van der Waals surface area contributed by atoms with Gasteiger partial charge < -0.3 is 24.4 Å². The molecule has 0 radical (unpaired) electrons. The molecule has 0 amide bonds. The molecule has 0 bridgehead atoms. The molecule has 0 aromatic rings. The first-order chi connectivity index (χ1) is 28.5. The maximum Gasteiger partial charge on any atom is 0.306 e. The number of nitrogens with one attached hydrogen (secondary N) is 2. The largest absolute Gasteiger partial charge is 0.466 e. The summed E-state index contributed by atoms with van der Waals surface area (Å²) < 4.78 is 16.7. The number of ether oxygens (including phenoxy) is 3. The van der Waals surface area contributed by atoms with Crippen LogP contribution in [0.5, 0.6) is 0 Å². The van der Waals surface area contributed by atoms with Crippen molar-refractivity contribution in [1.29, 1.82) is 5.41 Å². The van der Waals surface area contributed by atoms with Crippen LogP contribution in [0.25, 0.3) is 0 Å². The van der Waals surface area contributed by atoms with Gasteiger partial charge in [-0.15, -0.1) is 0 Å². The van der Waals surface area contributed by atoms with Crippen molar-refractivity contribution in [3.8, 4) is 0 Å². The lowest BCUT2D eigenvalue weighted by Crippen LogP contribution is -2.31. The average molecular weight is 822 g/mol. The van der Waals surface area contributed by atoms with E-state index in [0.29, 0.717) is 38.3 Å². The molecule has 0 fully saturated rings. The normalized spacial score (nSPS) is 11.9. The smallest absolute Gasteiger partial charge is 0.306 e. The average Bonchev–Trinajstić information content (AvgIpc) is 3.22. The van der Waals surface area contributed by atoms with E-state index in [1.54, 1.807) is 7.11 Å². The molecule has 1 atom stereocenters. The Morgan fingerprint density at radius 1 is 0.483 bits per heavy atom. The third kappa shape index (κ3) is 42.5. The maximum absolute atomic E-state index is 12.9. The number of hydrogen-bond acceptors (Lipinski definition) is 7. The van der Waals surface area contributed by atoms with Gasteiger partial charge in [0.15, 0.2) is 0 Å². The van der Waals surface area contributed by atoms with E-state index in [4.69, 9.17) is 19.6 Å². The minimum Gasteiger partial charge on any atom is -0.466 e. The van der Waals surface area contributed by atoms with Crippen molar-refractivity contribution < 1.29 is 23.8 Å². The molecule has 0 aromatic carbocycles. The Balaban J connectivity index is 4.40. The van der Waals surface area contributed by atoms with E-state index in [-0.39, 0.29) is 18.0 Å². The molecule has 344 valence electrons. The third-order valence-electron chi connectivity index (χ3n) is 11.6. The Kier molecular flexibility index (Phi) is 45.1. The monoisotopic (exact) mass is 822 g/mol. The van der Waals surface area contributed by atoms with Crippen molar-refractivity contribution in [3.63, 3.8) is 0 Å². The van der Waals surface area contributed by atoms with Crippen LogP contribution in [0.4, 0.5) is 0 Å². The number of nitrogens with zero attached hydrogens (tertiary/aromatic N) is 1. The van der Waals surface area contributed by atoms with Gasteiger partial charge in [-0.3, -0.25) is 15.0 Å². The van der Waals surface area contributed by atoms with Crippen molar-refractivity contribution in [2.45, 2.75) is 258 Å². The molecule has 8 heteroatoms.